The molecule has 0 aliphatic heterocycles. The summed E-state index contributed by atoms with van der Waals surface area (Å²) in [4.78, 5) is 9.99. The molecule has 0 saturated heterocycles. The van der Waals surface area contributed by atoms with Crippen molar-refractivity contribution in [2.75, 3.05) is 0 Å². The van der Waals surface area contributed by atoms with E-state index in [-0.39, 0.29) is 22.2 Å². The van der Waals surface area contributed by atoms with E-state index < -0.39 is 4.92 Å². The van der Waals surface area contributed by atoms with E-state index in [0.29, 0.717) is 5.75 Å². The van der Waals surface area contributed by atoms with Crippen molar-refractivity contribution in [3.05, 3.63) is 33.3 Å². The molecule has 0 unspecified atom stereocenters. The average molecular weight is 262 g/mol. The minimum atomic E-state index is -0.492. The van der Waals surface area contributed by atoms with Gasteiger partial charge in [-0.25, -0.2) is 0 Å². The highest BCUT2D eigenvalue weighted by molar-refractivity contribution is 6.32. The van der Waals surface area contributed by atoms with Gasteiger partial charge in [-0.15, -0.1) is 11.6 Å². The molecule has 1 aromatic rings. The molecule has 16 heavy (non-hydrogen) atoms. The van der Waals surface area contributed by atoms with Gasteiger partial charge in [-0.3, -0.25) is 10.1 Å². The molecule has 1 fully saturated rings. The van der Waals surface area contributed by atoms with Gasteiger partial charge in [-0.1, -0.05) is 11.6 Å². The lowest BCUT2D eigenvalue weighted by Crippen LogP contribution is -2.34. The number of nitrogens with zero attached hydrogens (tertiary/aromatic N) is 1. The number of hydrogen-bond acceptors (Lipinski definition) is 3. The summed E-state index contributed by atoms with van der Waals surface area (Å²) in [6, 6.07) is 4.17. The molecular weight excluding hydrogens is 253 g/mol. The minimum absolute atomic E-state index is 0.0406. The Morgan fingerprint density at radius 3 is 2.62 bits per heavy atom. The van der Waals surface area contributed by atoms with Crippen molar-refractivity contribution in [1.29, 1.82) is 0 Å². The number of rotatable bonds is 3. The first-order chi connectivity index (χ1) is 7.56. The second-order valence-corrected chi connectivity index (χ2v) is 4.70. The fraction of sp³-hybridized carbons (Fsp3) is 0.400. The number of benzene rings is 1. The maximum absolute atomic E-state index is 10.5. The molecule has 0 spiro atoms. The number of non-ortho nitro benzene ring substituents is 1. The van der Waals surface area contributed by atoms with Crippen molar-refractivity contribution >= 4 is 28.9 Å². The van der Waals surface area contributed by atoms with Gasteiger partial charge in [0.05, 0.1) is 9.95 Å². The average Bonchev–Trinajstić information content (AvgIpc) is 2.18. The first-order valence-corrected chi connectivity index (χ1v) is 5.62. The molecule has 86 valence electrons. The lowest BCUT2D eigenvalue weighted by Gasteiger charge is -2.31. The Hall–Kier alpha value is -1.00. The van der Waals surface area contributed by atoms with Gasteiger partial charge in [0.2, 0.25) is 0 Å². The topological polar surface area (TPSA) is 52.4 Å². The third-order valence-electron chi connectivity index (χ3n) is 2.46. The molecule has 1 aromatic carbocycles. The second kappa shape index (κ2) is 4.47. The van der Waals surface area contributed by atoms with Crippen LogP contribution in [0.25, 0.3) is 0 Å². The van der Waals surface area contributed by atoms with Gasteiger partial charge in [0.1, 0.15) is 11.9 Å². The van der Waals surface area contributed by atoms with Crippen LogP contribution >= 0.6 is 23.2 Å². The standard InChI is InChI=1S/C10H9Cl2NO3/c11-6-3-8(4-6)16-10-2-1-7(13(14)15)5-9(10)12/h1-2,5-6,8H,3-4H2. The molecule has 0 amide bonds. The zero-order chi connectivity index (χ0) is 11.7. The van der Waals surface area contributed by atoms with Gasteiger partial charge in [0.25, 0.3) is 5.69 Å². The number of ether oxygens (including phenoxy) is 1. The summed E-state index contributed by atoms with van der Waals surface area (Å²) in [7, 11) is 0. The van der Waals surface area contributed by atoms with E-state index in [1.165, 1.54) is 18.2 Å². The smallest absolute Gasteiger partial charge is 0.271 e. The quantitative estimate of drug-likeness (QED) is 0.476. The van der Waals surface area contributed by atoms with E-state index in [2.05, 4.69) is 0 Å². The molecule has 0 bridgehead atoms. The summed E-state index contributed by atoms with van der Waals surface area (Å²) >= 11 is 11.7. The minimum Gasteiger partial charge on any atom is -0.489 e. The van der Waals surface area contributed by atoms with E-state index in [4.69, 9.17) is 27.9 Å². The lowest BCUT2D eigenvalue weighted by molar-refractivity contribution is -0.384. The molecule has 0 atom stereocenters. The highest BCUT2D eigenvalue weighted by Gasteiger charge is 2.29. The summed E-state index contributed by atoms with van der Waals surface area (Å²) in [5, 5.41) is 10.9. The molecule has 2 rings (SSSR count). The second-order valence-electron chi connectivity index (χ2n) is 3.68. The number of nitro groups is 1. The largest absolute Gasteiger partial charge is 0.489 e. The fourth-order valence-electron chi connectivity index (χ4n) is 1.48. The van der Waals surface area contributed by atoms with Crippen molar-refractivity contribution in [2.24, 2.45) is 0 Å². The van der Waals surface area contributed by atoms with Crippen LogP contribution in [0.15, 0.2) is 18.2 Å². The Morgan fingerprint density at radius 2 is 2.12 bits per heavy atom. The summed E-state index contributed by atoms with van der Waals surface area (Å²) in [5.74, 6) is 0.473. The van der Waals surface area contributed by atoms with Gasteiger partial charge in [-0.05, 0) is 6.07 Å². The number of alkyl halides is 1. The third-order valence-corrected chi connectivity index (χ3v) is 3.11. The van der Waals surface area contributed by atoms with Crippen molar-refractivity contribution in [3.63, 3.8) is 0 Å². The molecular formula is C10H9Cl2NO3. The SMILES string of the molecule is O=[N+]([O-])c1ccc(OC2CC(Cl)C2)c(Cl)c1. The molecule has 1 aliphatic carbocycles. The molecule has 0 N–H and O–H groups in total. The van der Waals surface area contributed by atoms with Gasteiger partial charge < -0.3 is 4.74 Å². The van der Waals surface area contributed by atoms with Gasteiger partial charge in [-0.2, -0.15) is 0 Å². The predicted octanol–water partition coefficient (Wildman–Crippen LogP) is 3.40. The maximum atomic E-state index is 10.5. The summed E-state index contributed by atoms with van der Waals surface area (Å²) < 4.78 is 5.55. The molecule has 0 heterocycles. The monoisotopic (exact) mass is 261 g/mol. The zero-order valence-electron chi connectivity index (χ0n) is 8.23. The lowest BCUT2D eigenvalue weighted by atomic mass is 9.95. The molecule has 1 saturated carbocycles. The molecule has 0 radical (unpaired) electrons. The van der Waals surface area contributed by atoms with Crippen LogP contribution in [0.4, 0.5) is 5.69 Å². The Morgan fingerprint density at radius 1 is 1.44 bits per heavy atom. The van der Waals surface area contributed by atoms with E-state index in [1.54, 1.807) is 0 Å². The van der Waals surface area contributed by atoms with Crippen LogP contribution in [0.3, 0.4) is 0 Å². The first kappa shape index (κ1) is 11.5. The number of hydrogen-bond donors (Lipinski definition) is 0. The van der Waals surface area contributed by atoms with Gasteiger partial charge >= 0.3 is 0 Å². The number of halogens is 2. The highest BCUT2D eigenvalue weighted by Crippen LogP contribution is 2.34. The van der Waals surface area contributed by atoms with E-state index >= 15 is 0 Å². The Bertz CT molecular complexity index is 419. The van der Waals surface area contributed by atoms with E-state index in [0.717, 1.165) is 12.8 Å². The van der Waals surface area contributed by atoms with Gasteiger partial charge in [0, 0.05) is 30.4 Å². The summed E-state index contributed by atoms with van der Waals surface area (Å²) in [6.45, 7) is 0. The zero-order valence-corrected chi connectivity index (χ0v) is 9.74. The van der Waals surface area contributed by atoms with Crippen LogP contribution in [-0.4, -0.2) is 16.4 Å². The van der Waals surface area contributed by atoms with E-state index in [1.807, 2.05) is 0 Å². The van der Waals surface area contributed by atoms with Crippen LogP contribution in [0, 0.1) is 10.1 Å². The fourth-order valence-corrected chi connectivity index (χ4v) is 2.09. The van der Waals surface area contributed by atoms with Crippen molar-refractivity contribution in [1.82, 2.24) is 0 Å². The molecule has 0 aromatic heterocycles. The molecule has 6 heteroatoms. The van der Waals surface area contributed by atoms with Crippen LogP contribution in [0.1, 0.15) is 12.8 Å². The highest BCUT2D eigenvalue weighted by atomic mass is 35.5. The Balaban J connectivity index is 2.07. The van der Waals surface area contributed by atoms with Crippen LogP contribution in [0.2, 0.25) is 5.02 Å². The Kier molecular flexibility index (Phi) is 3.21. The predicted molar refractivity (Wildman–Crippen MR) is 61.4 cm³/mol. The van der Waals surface area contributed by atoms with Crippen LogP contribution in [0.5, 0.6) is 5.75 Å². The van der Waals surface area contributed by atoms with E-state index in [9.17, 15) is 10.1 Å². The number of nitro benzene ring substituents is 1. The maximum Gasteiger partial charge on any atom is 0.271 e. The Labute approximate surface area is 102 Å². The first-order valence-electron chi connectivity index (χ1n) is 4.81. The third kappa shape index (κ3) is 2.39. The van der Waals surface area contributed by atoms with Crippen LogP contribution in [-0.2, 0) is 0 Å². The molecule has 1 aliphatic rings. The van der Waals surface area contributed by atoms with Crippen molar-refractivity contribution in [2.45, 2.75) is 24.3 Å². The van der Waals surface area contributed by atoms with Gasteiger partial charge in [0.15, 0.2) is 0 Å². The summed E-state index contributed by atoms with van der Waals surface area (Å²) in [6.07, 6.45) is 1.64. The summed E-state index contributed by atoms with van der Waals surface area (Å²) in [5.41, 5.74) is -0.0406. The van der Waals surface area contributed by atoms with Crippen molar-refractivity contribution in [3.8, 4) is 5.75 Å². The molecule has 4 nitrogen and oxygen atoms in total. The normalized spacial score (nSPS) is 23.6. The van der Waals surface area contributed by atoms with Crippen LogP contribution < -0.4 is 4.74 Å². The van der Waals surface area contributed by atoms with Crippen molar-refractivity contribution < 1.29 is 9.66 Å².